The number of carbonyl (C=O) groups excluding carboxylic acids is 2. The zero-order valence-electron chi connectivity index (χ0n) is 14.8. The van der Waals surface area contributed by atoms with Crippen LogP contribution >= 0.6 is 0 Å². The molecule has 6 nitrogen and oxygen atoms in total. The Bertz CT molecular complexity index is 270. The van der Waals surface area contributed by atoms with Gasteiger partial charge in [0.2, 0.25) is 0 Å². The van der Waals surface area contributed by atoms with Crippen molar-refractivity contribution in [1.29, 1.82) is 0 Å². The minimum atomic E-state index is -1.89. The molecule has 0 aromatic rings. The summed E-state index contributed by atoms with van der Waals surface area (Å²) < 4.78 is 12.0. The first-order valence-electron chi connectivity index (χ1n) is 8.36. The molecule has 2 N–H and O–H groups in total. The number of rotatable bonds is 11. The summed E-state index contributed by atoms with van der Waals surface area (Å²) in [5, 5.41) is 18.2. The van der Waals surface area contributed by atoms with Crippen LogP contribution in [0.1, 0.15) is 53.4 Å². The molecule has 0 aliphatic carbocycles. The van der Waals surface area contributed by atoms with Gasteiger partial charge in [-0.05, 0) is 13.8 Å². The maximum atomic E-state index is 10.9. The molecular weight excluding hydrogens is 407 g/mol. The molecule has 0 fully saturated rings. The van der Waals surface area contributed by atoms with E-state index in [1.54, 1.807) is 22.7 Å². The smallest absolute Gasteiger partial charge is 0.338 e. The van der Waals surface area contributed by atoms with Gasteiger partial charge in [0.1, 0.15) is 0 Å². The summed E-state index contributed by atoms with van der Waals surface area (Å²) in [5.74, 6) is -2.10. The fraction of sp³-hybridized carbons (Fsp3) is 0.875. The number of unbranched alkanes of at least 4 members (excludes halogenated alkanes) is 2. The number of hydrogen-bond acceptors (Lipinski definition) is 6. The van der Waals surface area contributed by atoms with Gasteiger partial charge in [-0.2, -0.15) is 0 Å². The number of hydrogen-bond donors (Lipinski definition) is 2. The molecule has 0 rings (SSSR count). The first kappa shape index (κ1) is 24.9. The second kappa shape index (κ2) is 18.0. The van der Waals surface area contributed by atoms with Gasteiger partial charge < -0.3 is 19.7 Å². The van der Waals surface area contributed by atoms with E-state index in [0.29, 0.717) is 0 Å². The van der Waals surface area contributed by atoms with E-state index in [9.17, 15) is 9.59 Å². The Hall–Kier alpha value is -0.341. The minimum absolute atomic E-state index is 0.0610. The summed E-state index contributed by atoms with van der Waals surface area (Å²) in [5.41, 5.74) is 0. The van der Waals surface area contributed by atoms with Gasteiger partial charge in [-0.15, -0.1) is 0 Å². The van der Waals surface area contributed by atoms with E-state index >= 15 is 0 Å². The van der Waals surface area contributed by atoms with Gasteiger partial charge in [0.25, 0.3) is 0 Å². The van der Waals surface area contributed by atoms with Crippen molar-refractivity contribution < 1.29 is 29.3 Å². The Morgan fingerprint density at radius 3 is 1.43 bits per heavy atom. The van der Waals surface area contributed by atoms with E-state index in [2.05, 4.69) is 23.3 Å². The van der Waals surface area contributed by atoms with Crippen LogP contribution in [0.3, 0.4) is 0 Å². The molecule has 0 saturated carbocycles. The first-order valence-corrected chi connectivity index (χ1v) is 12.4. The van der Waals surface area contributed by atoms with Crippen LogP contribution in [-0.2, 0) is 19.1 Å². The molecule has 0 aromatic heterocycles. The Labute approximate surface area is 150 Å². The maximum Gasteiger partial charge on any atom is 0.338 e. The quantitative estimate of drug-likeness (QED) is 0.291. The maximum absolute atomic E-state index is 10.9. The second-order valence-corrected chi connectivity index (χ2v) is 9.13. The predicted octanol–water partition coefficient (Wildman–Crippen LogP) is 1.96. The average molecular weight is 439 g/mol. The zero-order valence-corrected chi connectivity index (χ0v) is 17.7. The Balaban J connectivity index is 0. The molecule has 0 unspecified atom stereocenters. The molecule has 0 amide bonds. The van der Waals surface area contributed by atoms with Gasteiger partial charge in [-0.3, -0.25) is 0 Å². The molecule has 0 spiro atoms. The van der Waals surface area contributed by atoms with Crippen molar-refractivity contribution in [3.8, 4) is 0 Å². The molecule has 136 valence electrons. The van der Waals surface area contributed by atoms with Gasteiger partial charge in [-0.1, -0.05) is 0 Å². The zero-order chi connectivity index (χ0) is 18.1. The van der Waals surface area contributed by atoms with Crippen LogP contribution in [0.5, 0.6) is 0 Å². The van der Waals surface area contributed by atoms with E-state index in [-0.39, 0.29) is 34.4 Å². The van der Waals surface area contributed by atoms with Gasteiger partial charge >= 0.3 is 81.5 Å². The van der Waals surface area contributed by atoms with Crippen LogP contribution < -0.4 is 0 Å². The third-order valence-electron chi connectivity index (χ3n) is 2.77. The van der Waals surface area contributed by atoms with E-state index in [1.807, 2.05) is 0 Å². The van der Waals surface area contributed by atoms with Crippen molar-refractivity contribution in [1.82, 2.24) is 0 Å². The van der Waals surface area contributed by atoms with Crippen molar-refractivity contribution in [2.75, 3.05) is 13.2 Å². The summed E-state index contributed by atoms with van der Waals surface area (Å²) in [4.78, 5) is 21.7. The number of aliphatic hydroxyl groups is 2. The molecular formula is C16H32O6Sn. The molecule has 0 aromatic carbocycles. The molecule has 0 heterocycles. The van der Waals surface area contributed by atoms with Crippen molar-refractivity contribution in [3.63, 3.8) is 0 Å². The molecule has 2 radical (unpaired) electrons. The van der Waals surface area contributed by atoms with Crippen LogP contribution in [0.15, 0.2) is 0 Å². The van der Waals surface area contributed by atoms with Gasteiger partial charge in [0.15, 0.2) is 12.2 Å². The van der Waals surface area contributed by atoms with E-state index in [1.165, 1.54) is 25.7 Å². The van der Waals surface area contributed by atoms with E-state index in [4.69, 9.17) is 10.2 Å². The van der Waals surface area contributed by atoms with Crippen LogP contribution in [0.2, 0.25) is 8.87 Å². The largest absolute Gasteiger partial charge is 0.464 e. The van der Waals surface area contributed by atoms with Crippen molar-refractivity contribution >= 4 is 33.1 Å². The second-order valence-electron chi connectivity index (χ2n) is 4.85. The Kier molecular flexibility index (Phi) is 19.5. The normalized spacial score (nSPS) is 12.6. The topological polar surface area (TPSA) is 93.1 Å². The predicted molar refractivity (Wildman–Crippen MR) is 90.5 cm³/mol. The fourth-order valence-corrected chi connectivity index (χ4v) is 5.60. The third kappa shape index (κ3) is 15.0. The fourth-order valence-electron chi connectivity index (χ4n) is 1.44. The first-order chi connectivity index (χ1) is 11.0. The Morgan fingerprint density at radius 2 is 1.17 bits per heavy atom. The molecule has 0 aliphatic heterocycles. The van der Waals surface area contributed by atoms with E-state index in [0.717, 1.165) is 0 Å². The Morgan fingerprint density at radius 1 is 0.826 bits per heavy atom. The molecule has 0 aliphatic rings. The molecule has 0 bridgehead atoms. The molecule has 2 atom stereocenters. The van der Waals surface area contributed by atoms with Crippen molar-refractivity contribution in [2.45, 2.75) is 74.5 Å². The molecule has 7 heteroatoms. The van der Waals surface area contributed by atoms with Crippen LogP contribution in [0.25, 0.3) is 0 Å². The number of carbonyl (C=O) groups is 2. The summed E-state index contributed by atoms with van der Waals surface area (Å²) >= 11 is 0.149. The monoisotopic (exact) mass is 440 g/mol. The van der Waals surface area contributed by atoms with Gasteiger partial charge in [-0.25, -0.2) is 9.59 Å². The van der Waals surface area contributed by atoms with Crippen LogP contribution in [0.4, 0.5) is 0 Å². The van der Waals surface area contributed by atoms with Crippen molar-refractivity contribution in [2.24, 2.45) is 0 Å². The number of ether oxygens (including phenoxy) is 2. The van der Waals surface area contributed by atoms with Gasteiger partial charge in [0, 0.05) is 0 Å². The summed E-state index contributed by atoms with van der Waals surface area (Å²) in [6.07, 6.45) is 2.05. The summed E-state index contributed by atoms with van der Waals surface area (Å²) in [6, 6.07) is 0. The summed E-state index contributed by atoms with van der Waals surface area (Å²) in [6.45, 7) is 7.79. The van der Waals surface area contributed by atoms with E-state index < -0.39 is 24.1 Å². The third-order valence-corrected chi connectivity index (χ3v) is 6.81. The molecule has 0 saturated heterocycles. The number of aliphatic hydroxyl groups excluding tert-OH is 2. The summed E-state index contributed by atoms with van der Waals surface area (Å²) in [7, 11) is 0. The van der Waals surface area contributed by atoms with Crippen molar-refractivity contribution in [3.05, 3.63) is 0 Å². The SMILES string of the molecule is CCC[CH2][Sn][CH2]CCC.CCOC(=O)[C@@H](O)[C@@H](O)C(=O)OCC. The molecule has 23 heavy (non-hydrogen) atoms. The number of esters is 2. The van der Waals surface area contributed by atoms with Crippen LogP contribution in [0, 0.1) is 0 Å². The van der Waals surface area contributed by atoms with Gasteiger partial charge in [0.05, 0.1) is 13.2 Å². The average Bonchev–Trinajstić information content (AvgIpc) is 2.54. The van der Waals surface area contributed by atoms with Crippen LogP contribution in [-0.4, -0.2) is 68.7 Å². The minimum Gasteiger partial charge on any atom is -0.464 e. The standard InChI is InChI=1S/C8H14O6.2C4H9.Sn/c1-3-13-7(11)5(9)6(10)8(12)14-4-2;2*1-3-4-2;/h5-6,9-10H,3-4H2,1-2H3;2*1,3-4H2,2H3;/t5-,6+;;;.